The van der Waals surface area contributed by atoms with Crippen LogP contribution in [-0.2, 0) is 19.0 Å². The van der Waals surface area contributed by atoms with Gasteiger partial charge < -0.3 is 19.1 Å². The van der Waals surface area contributed by atoms with Crippen LogP contribution in [0.1, 0.15) is 89.2 Å². The Morgan fingerprint density at radius 2 is 1.74 bits per heavy atom. The minimum absolute atomic E-state index is 0.175. The lowest BCUT2D eigenvalue weighted by atomic mass is 9.82. The summed E-state index contributed by atoms with van der Waals surface area (Å²) in [5.41, 5.74) is 1.54. The van der Waals surface area contributed by atoms with Gasteiger partial charge in [0.25, 0.3) is 0 Å². The molecule has 0 radical (unpaired) electrons. The summed E-state index contributed by atoms with van der Waals surface area (Å²) in [5.74, 6) is -0.278. The van der Waals surface area contributed by atoms with E-state index in [-0.39, 0.29) is 24.3 Å². The first-order valence-corrected chi connectivity index (χ1v) is 12.0. The third-order valence-electron chi connectivity index (χ3n) is 5.94. The molecule has 1 saturated heterocycles. The number of anilines is 1. The maximum absolute atomic E-state index is 13.1. The molecule has 2 aromatic rings. The van der Waals surface area contributed by atoms with Gasteiger partial charge >= 0.3 is 11.9 Å². The zero-order valence-corrected chi connectivity index (χ0v) is 21.7. The van der Waals surface area contributed by atoms with Crippen molar-refractivity contribution in [3.63, 3.8) is 0 Å². The van der Waals surface area contributed by atoms with Gasteiger partial charge in [0.15, 0.2) is 17.4 Å². The number of ether oxygens (including phenoxy) is 3. The van der Waals surface area contributed by atoms with E-state index in [0.29, 0.717) is 22.7 Å². The van der Waals surface area contributed by atoms with Crippen molar-refractivity contribution in [2.24, 2.45) is 5.41 Å². The van der Waals surface area contributed by atoms with Gasteiger partial charge in [-0.25, -0.2) is 14.6 Å². The number of fused-ring (bicyclic) bond motifs is 1. The highest BCUT2D eigenvalue weighted by Crippen LogP contribution is 2.39. The molecule has 0 amide bonds. The predicted molar refractivity (Wildman–Crippen MR) is 129 cm³/mol. The van der Waals surface area contributed by atoms with Gasteiger partial charge in [0.05, 0.1) is 24.4 Å². The van der Waals surface area contributed by atoms with Crippen LogP contribution in [0.5, 0.6) is 0 Å². The van der Waals surface area contributed by atoms with Crippen LogP contribution in [0.15, 0.2) is 6.07 Å². The van der Waals surface area contributed by atoms with Crippen LogP contribution in [0, 0.1) is 12.3 Å². The Balaban J connectivity index is 2.25. The number of esters is 2. The minimum atomic E-state index is -0.989. The molecule has 0 aliphatic carbocycles. The molecule has 188 valence electrons. The molecule has 9 nitrogen and oxygen atoms in total. The summed E-state index contributed by atoms with van der Waals surface area (Å²) in [4.78, 5) is 32.5. The fraction of sp³-hybridized carbons (Fsp3) is 0.680. The normalized spacial score (nSPS) is 17.0. The summed E-state index contributed by atoms with van der Waals surface area (Å²) in [7, 11) is 0. The largest absolute Gasteiger partial charge is 0.464 e. The first-order chi connectivity index (χ1) is 15.9. The minimum Gasteiger partial charge on any atom is -0.464 e. The Bertz CT molecular complexity index is 1040. The monoisotopic (exact) mass is 474 g/mol. The summed E-state index contributed by atoms with van der Waals surface area (Å²) in [6.07, 6.45) is 0.967. The number of hydrogen-bond donors (Lipinski definition) is 0. The molecule has 1 fully saturated rings. The second kappa shape index (κ2) is 9.90. The van der Waals surface area contributed by atoms with Crippen LogP contribution >= 0.6 is 0 Å². The van der Waals surface area contributed by atoms with E-state index in [1.165, 1.54) is 0 Å². The van der Waals surface area contributed by atoms with Gasteiger partial charge in [-0.1, -0.05) is 13.8 Å². The highest BCUT2D eigenvalue weighted by molar-refractivity contribution is 5.89. The number of aromatic nitrogens is 3. The van der Waals surface area contributed by atoms with Crippen molar-refractivity contribution in [1.82, 2.24) is 14.6 Å². The third kappa shape index (κ3) is 5.68. The maximum Gasteiger partial charge on any atom is 0.358 e. The fourth-order valence-corrected chi connectivity index (χ4v) is 4.15. The molecule has 0 spiro atoms. The van der Waals surface area contributed by atoms with Crippen molar-refractivity contribution >= 4 is 23.4 Å². The van der Waals surface area contributed by atoms with Gasteiger partial charge in [0.1, 0.15) is 5.82 Å². The number of aryl methyl sites for hydroxylation is 1. The van der Waals surface area contributed by atoms with Gasteiger partial charge in [0, 0.05) is 24.8 Å². The molecular weight excluding hydrogens is 436 g/mol. The van der Waals surface area contributed by atoms with Crippen LogP contribution in [0.4, 0.5) is 5.82 Å². The topological polar surface area (TPSA) is 95.3 Å². The van der Waals surface area contributed by atoms with Crippen LogP contribution in [0.2, 0.25) is 0 Å². The van der Waals surface area contributed by atoms with Crippen LogP contribution in [-0.4, -0.2) is 58.4 Å². The van der Waals surface area contributed by atoms with E-state index in [1.54, 1.807) is 24.4 Å². The maximum atomic E-state index is 13.1. The number of hydrogen-bond acceptors (Lipinski definition) is 8. The average molecular weight is 475 g/mol. The van der Waals surface area contributed by atoms with E-state index in [2.05, 4.69) is 23.8 Å². The summed E-state index contributed by atoms with van der Waals surface area (Å²) in [5, 5.41) is 4.56. The van der Waals surface area contributed by atoms with Gasteiger partial charge in [-0.3, -0.25) is 0 Å². The Morgan fingerprint density at radius 3 is 2.29 bits per heavy atom. The van der Waals surface area contributed by atoms with E-state index in [0.717, 1.165) is 25.9 Å². The first-order valence-electron chi connectivity index (χ1n) is 12.0. The smallest absolute Gasteiger partial charge is 0.358 e. The summed E-state index contributed by atoms with van der Waals surface area (Å²) >= 11 is 0. The number of carbonyl (C=O) groups excluding carboxylic acids is 2. The molecule has 34 heavy (non-hydrogen) atoms. The molecular formula is C25H38N4O5. The van der Waals surface area contributed by atoms with Gasteiger partial charge in [-0.15, -0.1) is 0 Å². The molecule has 1 aliphatic rings. The van der Waals surface area contributed by atoms with E-state index in [9.17, 15) is 9.59 Å². The van der Waals surface area contributed by atoms with Crippen molar-refractivity contribution in [3.05, 3.63) is 23.0 Å². The second-order valence-electron chi connectivity index (χ2n) is 10.5. The number of carbonyl (C=O) groups is 2. The predicted octanol–water partition coefficient (Wildman–Crippen LogP) is 4.26. The third-order valence-corrected chi connectivity index (χ3v) is 5.94. The Kier molecular flexibility index (Phi) is 7.55. The highest BCUT2D eigenvalue weighted by Gasteiger charge is 2.37. The van der Waals surface area contributed by atoms with E-state index in [4.69, 9.17) is 19.2 Å². The molecule has 0 saturated carbocycles. The average Bonchev–Trinajstić information content (AvgIpc) is 3.15. The van der Waals surface area contributed by atoms with Gasteiger partial charge in [-0.2, -0.15) is 9.61 Å². The zero-order chi connectivity index (χ0) is 25.3. The van der Waals surface area contributed by atoms with E-state index >= 15 is 0 Å². The number of nitrogens with zero attached hydrogens (tertiary/aromatic N) is 4. The van der Waals surface area contributed by atoms with E-state index in [1.807, 2.05) is 27.7 Å². The van der Waals surface area contributed by atoms with Crippen LogP contribution < -0.4 is 4.90 Å². The molecule has 1 aliphatic heterocycles. The zero-order valence-electron chi connectivity index (χ0n) is 21.7. The quantitative estimate of drug-likeness (QED) is 0.550. The van der Waals surface area contributed by atoms with Crippen molar-refractivity contribution in [2.45, 2.75) is 79.9 Å². The highest BCUT2D eigenvalue weighted by atomic mass is 16.6. The van der Waals surface area contributed by atoms with Crippen molar-refractivity contribution < 1.29 is 23.8 Å². The Hall–Kier alpha value is -2.68. The lowest BCUT2D eigenvalue weighted by molar-refractivity contribution is -0.166. The lowest BCUT2D eigenvalue weighted by Gasteiger charge is -2.39. The number of rotatable bonds is 7. The molecule has 1 atom stereocenters. The summed E-state index contributed by atoms with van der Waals surface area (Å²) in [6.45, 7) is 17.6. The van der Waals surface area contributed by atoms with Gasteiger partial charge in [-0.05, 0) is 59.8 Å². The Morgan fingerprint density at radius 1 is 1.12 bits per heavy atom. The van der Waals surface area contributed by atoms with Crippen molar-refractivity contribution in [2.75, 3.05) is 31.2 Å². The summed E-state index contributed by atoms with van der Waals surface area (Å²) < 4.78 is 18.5. The molecule has 3 heterocycles. The van der Waals surface area contributed by atoms with Crippen LogP contribution in [0.25, 0.3) is 5.65 Å². The molecule has 1 unspecified atom stereocenters. The Labute approximate surface area is 201 Å². The SMILES string of the molecule is CCOC(=O)c1cc2nc(C)c(C(OC(C)(C)C)C(=O)OCC)c(N3CCC(C)(C)CC3)n2n1. The summed E-state index contributed by atoms with van der Waals surface area (Å²) in [6, 6.07) is 1.62. The molecule has 3 rings (SSSR count). The molecule has 2 aromatic heterocycles. The first kappa shape index (κ1) is 25.9. The molecule has 0 bridgehead atoms. The fourth-order valence-electron chi connectivity index (χ4n) is 4.15. The molecule has 0 N–H and O–H groups in total. The standard InChI is InChI=1S/C25H38N4O5/c1-9-32-22(30)17-15-18-26-16(3)19(20(23(31)33-10-2)34-24(4,5)6)21(29(18)27-17)28-13-11-25(7,8)12-14-28/h15,20H,9-14H2,1-8H3. The number of piperidine rings is 1. The lowest BCUT2D eigenvalue weighted by Crippen LogP contribution is -2.40. The second-order valence-corrected chi connectivity index (χ2v) is 10.5. The molecule has 0 aromatic carbocycles. The van der Waals surface area contributed by atoms with Gasteiger partial charge in [0.2, 0.25) is 0 Å². The van der Waals surface area contributed by atoms with Crippen molar-refractivity contribution in [1.29, 1.82) is 0 Å². The van der Waals surface area contributed by atoms with Crippen molar-refractivity contribution in [3.8, 4) is 0 Å². The molecule has 9 heteroatoms. The van der Waals surface area contributed by atoms with Crippen LogP contribution in [0.3, 0.4) is 0 Å². The van der Waals surface area contributed by atoms with E-state index < -0.39 is 23.6 Å².